The Hall–Kier alpha value is -1.65. The molecular formula is C16H20N2O2. The van der Waals surface area contributed by atoms with Crippen LogP contribution in [0.3, 0.4) is 0 Å². The lowest BCUT2D eigenvalue weighted by Gasteiger charge is -2.36. The Morgan fingerprint density at radius 2 is 2.15 bits per heavy atom. The number of nitrogens with one attached hydrogen (secondary N) is 1. The largest absolute Gasteiger partial charge is 0.481 e. The van der Waals surface area contributed by atoms with E-state index in [1.807, 2.05) is 24.3 Å². The second kappa shape index (κ2) is 5.38. The zero-order chi connectivity index (χ0) is 14.0. The minimum Gasteiger partial charge on any atom is -0.481 e. The number of hydrogen-bond acceptors (Lipinski definition) is 4. The molecule has 4 nitrogen and oxygen atoms in total. The van der Waals surface area contributed by atoms with Gasteiger partial charge in [0.1, 0.15) is 0 Å². The fourth-order valence-corrected chi connectivity index (χ4v) is 2.64. The first-order valence-electron chi connectivity index (χ1n) is 7.06. The quantitative estimate of drug-likeness (QED) is 0.876. The fraction of sp³-hybridized carbons (Fsp3) is 0.438. The van der Waals surface area contributed by atoms with Crippen LogP contribution in [0.25, 0.3) is 10.9 Å². The first kappa shape index (κ1) is 13.3. The molecule has 0 unspecified atom stereocenters. The van der Waals surface area contributed by atoms with E-state index >= 15 is 0 Å². The maximum atomic E-state index is 10.1. The van der Waals surface area contributed by atoms with Gasteiger partial charge in [-0.1, -0.05) is 18.2 Å². The van der Waals surface area contributed by atoms with Crippen LogP contribution in [-0.2, 0) is 6.54 Å². The number of ether oxygens (including phenoxy) is 1. The maximum absolute atomic E-state index is 10.1. The van der Waals surface area contributed by atoms with Gasteiger partial charge in [0, 0.05) is 24.0 Å². The van der Waals surface area contributed by atoms with Crippen molar-refractivity contribution in [2.45, 2.75) is 31.4 Å². The van der Waals surface area contributed by atoms with Gasteiger partial charge in [0.2, 0.25) is 5.88 Å². The SMILES string of the molecule is COc1nc2ccccc2cc1CNCC1(O)CCC1. The van der Waals surface area contributed by atoms with Crippen LogP contribution in [0.4, 0.5) is 0 Å². The topological polar surface area (TPSA) is 54.4 Å². The van der Waals surface area contributed by atoms with Crippen molar-refractivity contribution in [2.24, 2.45) is 0 Å². The highest BCUT2D eigenvalue weighted by atomic mass is 16.5. The van der Waals surface area contributed by atoms with Crippen molar-refractivity contribution >= 4 is 10.9 Å². The molecule has 3 rings (SSSR count). The molecule has 1 aromatic carbocycles. The van der Waals surface area contributed by atoms with Crippen LogP contribution < -0.4 is 10.1 Å². The molecule has 4 heteroatoms. The summed E-state index contributed by atoms with van der Waals surface area (Å²) in [4.78, 5) is 4.52. The van der Waals surface area contributed by atoms with Crippen molar-refractivity contribution < 1.29 is 9.84 Å². The summed E-state index contributed by atoms with van der Waals surface area (Å²) < 4.78 is 5.36. The summed E-state index contributed by atoms with van der Waals surface area (Å²) in [5, 5.41) is 14.5. The number of nitrogens with zero attached hydrogens (tertiary/aromatic N) is 1. The van der Waals surface area contributed by atoms with Gasteiger partial charge >= 0.3 is 0 Å². The highest BCUT2D eigenvalue weighted by Crippen LogP contribution is 2.31. The van der Waals surface area contributed by atoms with Gasteiger partial charge in [-0.25, -0.2) is 4.98 Å². The number of para-hydroxylation sites is 1. The van der Waals surface area contributed by atoms with Crippen LogP contribution >= 0.6 is 0 Å². The molecular weight excluding hydrogens is 252 g/mol. The molecule has 2 N–H and O–H groups in total. The molecule has 1 fully saturated rings. The molecule has 1 aliphatic carbocycles. The summed E-state index contributed by atoms with van der Waals surface area (Å²) in [7, 11) is 1.64. The summed E-state index contributed by atoms with van der Waals surface area (Å²) in [6.07, 6.45) is 2.92. The monoisotopic (exact) mass is 272 g/mol. The Bertz CT molecular complexity index is 608. The Balaban J connectivity index is 1.75. The Morgan fingerprint density at radius 3 is 2.85 bits per heavy atom. The predicted molar refractivity (Wildman–Crippen MR) is 78.8 cm³/mol. The Kier molecular flexibility index (Phi) is 3.59. The highest BCUT2D eigenvalue weighted by Gasteiger charge is 2.33. The van der Waals surface area contributed by atoms with Gasteiger partial charge < -0.3 is 15.2 Å². The van der Waals surface area contributed by atoms with E-state index in [1.165, 1.54) is 0 Å². The maximum Gasteiger partial charge on any atom is 0.218 e. The molecule has 1 heterocycles. The van der Waals surface area contributed by atoms with E-state index in [-0.39, 0.29) is 0 Å². The van der Waals surface area contributed by atoms with Crippen molar-refractivity contribution in [3.05, 3.63) is 35.9 Å². The van der Waals surface area contributed by atoms with Crippen molar-refractivity contribution in [3.8, 4) is 5.88 Å². The normalized spacial score (nSPS) is 16.9. The average Bonchev–Trinajstić information content (AvgIpc) is 2.44. The molecule has 0 saturated heterocycles. The van der Waals surface area contributed by atoms with Gasteiger partial charge in [0.05, 0.1) is 18.2 Å². The zero-order valence-corrected chi connectivity index (χ0v) is 11.7. The van der Waals surface area contributed by atoms with Crippen LogP contribution in [-0.4, -0.2) is 29.3 Å². The summed E-state index contributed by atoms with van der Waals surface area (Å²) in [6.45, 7) is 1.28. The number of benzene rings is 1. The molecule has 1 aliphatic rings. The number of rotatable bonds is 5. The standard InChI is InChI=1S/C16H20N2O2/c1-20-15-13(10-17-11-16(19)7-4-8-16)9-12-5-2-3-6-14(12)18-15/h2-3,5-6,9,17,19H,4,7-8,10-11H2,1H3. The molecule has 106 valence electrons. The molecule has 0 spiro atoms. The van der Waals surface area contributed by atoms with E-state index in [9.17, 15) is 5.11 Å². The van der Waals surface area contributed by atoms with Crippen molar-refractivity contribution in [2.75, 3.05) is 13.7 Å². The molecule has 0 amide bonds. The molecule has 1 aromatic heterocycles. The van der Waals surface area contributed by atoms with Gasteiger partial charge in [-0.15, -0.1) is 0 Å². The van der Waals surface area contributed by atoms with E-state index in [1.54, 1.807) is 7.11 Å². The fourth-order valence-electron chi connectivity index (χ4n) is 2.64. The number of methoxy groups -OCH3 is 1. The Morgan fingerprint density at radius 1 is 1.35 bits per heavy atom. The van der Waals surface area contributed by atoms with Crippen LogP contribution in [0.1, 0.15) is 24.8 Å². The van der Waals surface area contributed by atoms with Gasteiger partial charge in [-0.2, -0.15) is 0 Å². The van der Waals surface area contributed by atoms with E-state index in [4.69, 9.17) is 4.74 Å². The lowest BCUT2D eigenvalue weighted by Crippen LogP contribution is -2.46. The van der Waals surface area contributed by atoms with E-state index < -0.39 is 5.60 Å². The first-order chi connectivity index (χ1) is 9.70. The van der Waals surface area contributed by atoms with Crippen LogP contribution in [0.15, 0.2) is 30.3 Å². The molecule has 0 aliphatic heterocycles. The lowest BCUT2D eigenvalue weighted by atomic mass is 9.80. The summed E-state index contributed by atoms with van der Waals surface area (Å²) >= 11 is 0. The lowest BCUT2D eigenvalue weighted by molar-refractivity contribution is -0.0315. The number of fused-ring (bicyclic) bond motifs is 1. The predicted octanol–water partition coefficient (Wildman–Crippen LogP) is 2.25. The average molecular weight is 272 g/mol. The molecule has 0 bridgehead atoms. The Labute approximate surface area is 118 Å². The summed E-state index contributed by atoms with van der Waals surface area (Å²) in [5.74, 6) is 0.650. The van der Waals surface area contributed by atoms with Gasteiger partial charge in [-0.3, -0.25) is 0 Å². The van der Waals surface area contributed by atoms with Gasteiger partial charge in [0.15, 0.2) is 0 Å². The summed E-state index contributed by atoms with van der Waals surface area (Å²) in [5.41, 5.74) is 1.46. The smallest absolute Gasteiger partial charge is 0.218 e. The molecule has 20 heavy (non-hydrogen) atoms. The minimum absolute atomic E-state index is 0.502. The van der Waals surface area contributed by atoms with Crippen molar-refractivity contribution in [1.82, 2.24) is 10.3 Å². The van der Waals surface area contributed by atoms with Crippen molar-refractivity contribution in [3.63, 3.8) is 0 Å². The first-order valence-corrected chi connectivity index (χ1v) is 7.06. The number of hydrogen-bond donors (Lipinski definition) is 2. The second-order valence-corrected chi connectivity index (χ2v) is 5.53. The van der Waals surface area contributed by atoms with Crippen LogP contribution in [0.2, 0.25) is 0 Å². The molecule has 0 radical (unpaired) electrons. The van der Waals surface area contributed by atoms with Gasteiger partial charge in [0.25, 0.3) is 0 Å². The number of aromatic nitrogens is 1. The van der Waals surface area contributed by atoms with E-state index in [0.717, 1.165) is 35.7 Å². The summed E-state index contributed by atoms with van der Waals surface area (Å²) in [6, 6.07) is 10.1. The van der Waals surface area contributed by atoms with Gasteiger partial charge in [-0.05, 0) is 31.4 Å². The molecule has 1 saturated carbocycles. The number of pyridine rings is 1. The van der Waals surface area contributed by atoms with Crippen molar-refractivity contribution in [1.29, 1.82) is 0 Å². The van der Waals surface area contributed by atoms with E-state index in [0.29, 0.717) is 19.0 Å². The third-order valence-corrected chi connectivity index (χ3v) is 4.01. The van der Waals surface area contributed by atoms with Crippen LogP contribution in [0, 0.1) is 0 Å². The third kappa shape index (κ3) is 2.62. The third-order valence-electron chi connectivity index (χ3n) is 4.01. The zero-order valence-electron chi connectivity index (χ0n) is 11.7. The molecule has 2 aromatic rings. The number of aliphatic hydroxyl groups is 1. The second-order valence-electron chi connectivity index (χ2n) is 5.53. The van der Waals surface area contributed by atoms with E-state index in [2.05, 4.69) is 16.4 Å². The molecule has 0 atom stereocenters. The highest BCUT2D eigenvalue weighted by molar-refractivity contribution is 5.80. The minimum atomic E-state index is -0.502. The van der Waals surface area contributed by atoms with Crippen LogP contribution in [0.5, 0.6) is 5.88 Å².